The second kappa shape index (κ2) is 12.5. The van der Waals surface area contributed by atoms with Gasteiger partial charge in [-0.05, 0) is 55.4 Å². The van der Waals surface area contributed by atoms with Crippen LogP contribution in [0.1, 0.15) is 30.8 Å². The highest BCUT2D eigenvalue weighted by Gasteiger charge is 2.27. The molecule has 0 aliphatic rings. The van der Waals surface area contributed by atoms with Crippen LogP contribution in [0.15, 0.2) is 71.6 Å². The Morgan fingerprint density at radius 1 is 1.00 bits per heavy atom. The number of nitrogens with one attached hydrogen (secondary N) is 1. The van der Waals surface area contributed by atoms with Crippen molar-refractivity contribution in [1.82, 2.24) is 14.5 Å². The largest absolute Gasteiger partial charge is 0.384 e. The smallest absolute Gasteiger partial charge is 0.269 e. The summed E-state index contributed by atoms with van der Waals surface area (Å²) in [6, 6.07) is 18.0. The van der Waals surface area contributed by atoms with Crippen molar-refractivity contribution in [3.8, 4) is 0 Å². The van der Waals surface area contributed by atoms with Gasteiger partial charge in [-0.15, -0.1) is 0 Å². The minimum Gasteiger partial charge on any atom is -0.384 e. The zero-order valence-corrected chi connectivity index (χ0v) is 24.3. The number of benzene rings is 3. The third-order valence-electron chi connectivity index (χ3n) is 7.30. The lowest BCUT2D eigenvalue weighted by atomic mass is 10.1. The van der Waals surface area contributed by atoms with Crippen molar-refractivity contribution in [2.24, 2.45) is 12.8 Å². The molecule has 0 amide bonds. The van der Waals surface area contributed by atoms with Gasteiger partial charge in [0.25, 0.3) is 15.7 Å². The van der Waals surface area contributed by atoms with Gasteiger partial charge < -0.3 is 15.2 Å². The molecule has 4 aromatic rings. The maximum Gasteiger partial charge on any atom is 0.269 e. The van der Waals surface area contributed by atoms with Gasteiger partial charge >= 0.3 is 0 Å². The number of nitrogen functional groups attached to an aromatic ring is 1. The van der Waals surface area contributed by atoms with Crippen LogP contribution in [0.5, 0.6) is 0 Å². The minimum absolute atomic E-state index is 0.0137. The number of aryl methyl sites for hydroxylation is 3. The number of nitrogens with zero attached hydrogens (tertiary/aromatic N) is 5. The number of nitro benzene ring substituents is 1. The fourth-order valence-corrected chi connectivity index (χ4v) is 6.20. The Morgan fingerprint density at radius 2 is 1.66 bits per heavy atom. The SMILES string of the molecule is CCN(CC)CCN(c1ccc2c(c1)nc(CCc1ccc(C(=N)N)cc1)n2C)S(=O)(=O)c1ccc([N+](=O)[O-])cc1. The summed E-state index contributed by atoms with van der Waals surface area (Å²) >= 11 is 0. The number of nitrogens with two attached hydrogens (primary N) is 1. The van der Waals surface area contributed by atoms with Crippen LogP contribution in [0, 0.1) is 15.5 Å². The molecule has 0 unspecified atom stereocenters. The molecule has 0 atom stereocenters. The number of anilines is 1. The second-order valence-corrected chi connectivity index (χ2v) is 11.6. The molecular weight excluding hydrogens is 542 g/mol. The number of aromatic nitrogens is 2. The van der Waals surface area contributed by atoms with Gasteiger partial charge in [-0.25, -0.2) is 13.4 Å². The zero-order valence-electron chi connectivity index (χ0n) is 23.4. The Hall–Kier alpha value is -4.29. The van der Waals surface area contributed by atoms with Crippen molar-refractivity contribution in [3.05, 3.63) is 93.8 Å². The van der Waals surface area contributed by atoms with Gasteiger partial charge in [-0.3, -0.25) is 19.8 Å². The number of hydrogen-bond acceptors (Lipinski definition) is 7. The lowest BCUT2D eigenvalue weighted by Crippen LogP contribution is -2.38. The second-order valence-electron chi connectivity index (χ2n) is 9.73. The maximum atomic E-state index is 13.8. The van der Waals surface area contributed by atoms with Crippen LogP contribution in [0.25, 0.3) is 11.0 Å². The first kappa shape index (κ1) is 29.7. The van der Waals surface area contributed by atoms with Gasteiger partial charge in [0.05, 0.1) is 26.5 Å². The van der Waals surface area contributed by atoms with E-state index >= 15 is 0 Å². The van der Waals surface area contributed by atoms with E-state index in [1.807, 2.05) is 55.8 Å². The predicted molar refractivity (Wildman–Crippen MR) is 161 cm³/mol. The molecule has 0 fully saturated rings. The van der Waals surface area contributed by atoms with Crippen LogP contribution in [0.3, 0.4) is 0 Å². The monoisotopic (exact) mass is 577 g/mol. The number of imidazole rings is 1. The topological polar surface area (TPSA) is 151 Å². The molecule has 1 aromatic heterocycles. The van der Waals surface area contributed by atoms with Gasteiger partial charge in [0, 0.05) is 44.3 Å². The number of fused-ring (bicyclic) bond motifs is 1. The molecule has 0 saturated heterocycles. The van der Waals surface area contributed by atoms with Crippen molar-refractivity contribution in [3.63, 3.8) is 0 Å². The number of non-ortho nitro benzene ring substituents is 1. The molecule has 0 saturated carbocycles. The van der Waals surface area contributed by atoms with E-state index in [0.717, 1.165) is 36.4 Å². The van der Waals surface area contributed by atoms with E-state index in [1.165, 1.54) is 28.6 Å². The predicted octanol–water partition coefficient (Wildman–Crippen LogP) is 4.09. The lowest BCUT2D eigenvalue weighted by Gasteiger charge is -2.27. The Balaban J connectivity index is 1.65. The summed E-state index contributed by atoms with van der Waals surface area (Å²) in [5.41, 5.74) is 9.20. The first-order valence-corrected chi connectivity index (χ1v) is 14.9. The Bertz CT molecular complexity index is 1650. The third-order valence-corrected chi connectivity index (χ3v) is 9.14. The Labute approximate surface area is 239 Å². The molecule has 3 N–H and O–H groups in total. The quantitative estimate of drug-likeness (QED) is 0.105. The number of nitro groups is 1. The molecule has 0 aliphatic heterocycles. The summed E-state index contributed by atoms with van der Waals surface area (Å²) < 4.78 is 31.0. The summed E-state index contributed by atoms with van der Waals surface area (Å²) in [6.07, 6.45) is 1.42. The highest BCUT2D eigenvalue weighted by Crippen LogP contribution is 2.29. The fourth-order valence-electron chi connectivity index (χ4n) is 4.75. The van der Waals surface area contributed by atoms with E-state index in [-0.39, 0.29) is 23.0 Å². The van der Waals surface area contributed by atoms with E-state index in [2.05, 4.69) is 4.90 Å². The molecule has 41 heavy (non-hydrogen) atoms. The van der Waals surface area contributed by atoms with Gasteiger partial charge in [0.2, 0.25) is 0 Å². The van der Waals surface area contributed by atoms with Crippen molar-refractivity contribution in [1.29, 1.82) is 5.41 Å². The normalized spacial score (nSPS) is 11.7. The van der Waals surface area contributed by atoms with Gasteiger partial charge in [0.1, 0.15) is 11.7 Å². The average Bonchev–Trinajstić information content (AvgIpc) is 3.28. The molecule has 1 heterocycles. The number of rotatable bonds is 13. The van der Waals surface area contributed by atoms with E-state index in [0.29, 0.717) is 29.7 Å². The van der Waals surface area contributed by atoms with Crippen LogP contribution < -0.4 is 10.0 Å². The number of amidine groups is 1. The van der Waals surface area contributed by atoms with Crippen molar-refractivity contribution in [2.45, 2.75) is 31.6 Å². The number of likely N-dealkylation sites (N-methyl/N-ethyl adjacent to an activating group) is 1. The molecule has 0 bridgehead atoms. The van der Waals surface area contributed by atoms with Crippen LogP contribution in [0.4, 0.5) is 11.4 Å². The van der Waals surface area contributed by atoms with Gasteiger partial charge in [-0.1, -0.05) is 38.1 Å². The van der Waals surface area contributed by atoms with Crippen molar-refractivity contribution >= 4 is 38.3 Å². The molecule has 11 nitrogen and oxygen atoms in total. The lowest BCUT2D eigenvalue weighted by molar-refractivity contribution is -0.384. The van der Waals surface area contributed by atoms with E-state index in [9.17, 15) is 18.5 Å². The summed E-state index contributed by atoms with van der Waals surface area (Å²) in [7, 11) is -2.07. The summed E-state index contributed by atoms with van der Waals surface area (Å²) in [4.78, 5) is 17.5. The standard InChI is InChI=1S/C29H35N7O4S/c1-4-34(5-2)18-19-35(41(39,40)25-14-11-23(12-15-25)36(37)38)24-13-16-27-26(20-24)32-28(33(27)3)17-8-21-6-9-22(10-7-21)29(30)31/h6-7,9-16,20H,4-5,8,17-19H2,1-3H3,(H3,30,31). The molecule has 0 radical (unpaired) electrons. The van der Waals surface area contributed by atoms with E-state index in [1.54, 1.807) is 12.1 Å². The number of sulfonamides is 1. The highest BCUT2D eigenvalue weighted by molar-refractivity contribution is 7.92. The summed E-state index contributed by atoms with van der Waals surface area (Å²) in [6.45, 7) is 6.34. The van der Waals surface area contributed by atoms with Crippen LogP contribution in [-0.4, -0.2) is 59.8 Å². The van der Waals surface area contributed by atoms with Crippen LogP contribution in [-0.2, 0) is 29.9 Å². The maximum absolute atomic E-state index is 13.8. The first-order chi connectivity index (χ1) is 19.5. The average molecular weight is 578 g/mol. The van der Waals surface area contributed by atoms with Crippen molar-refractivity contribution in [2.75, 3.05) is 30.5 Å². The third kappa shape index (κ3) is 6.55. The van der Waals surface area contributed by atoms with E-state index in [4.69, 9.17) is 16.1 Å². The number of hydrogen-bond donors (Lipinski definition) is 2. The van der Waals surface area contributed by atoms with Gasteiger partial charge in [0.15, 0.2) is 0 Å². The molecule has 4 rings (SSSR count). The Morgan fingerprint density at radius 3 is 2.24 bits per heavy atom. The first-order valence-electron chi connectivity index (χ1n) is 13.4. The minimum atomic E-state index is -4.01. The Kier molecular flexibility index (Phi) is 9.04. The van der Waals surface area contributed by atoms with Crippen LogP contribution >= 0.6 is 0 Å². The molecule has 12 heteroatoms. The molecule has 0 spiro atoms. The summed E-state index contributed by atoms with van der Waals surface area (Å²) in [5, 5.41) is 18.7. The van der Waals surface area contributed by atoms with Gasteiger partial charge in [-0.2, -0.15) is 0 Å². The molecule has 3 aromatic carbocycles. The highest BCUT2D eigenvalue weighted by atomic mass is 32.2. The van der Waals surface area contributed by atoms with E-state index < -0.39 is 14.9 Å². The van der Waals surface area contributed by atoms with Crippen molar-refractivity contribution < 1.29 is 13.3 Å². The van der Waals surface area contributed by atoms with Crippen LogP contribution in [0.2, 0.25) is 0 Å². The molecular formula is C29H35N7O4S. The molecule has 216 valence electrons. The zero-order chi connectivity index (χ0) is 29.7. The molecule has 0 aliphatic carbocycles. The summed E-state index contributed by atoms with van der Waals surface area (Å²) in [5.74, 6) is 0.894. The fraction of sp³-hybridized carbons (Fsp3) is 0.310.